The largest absolute Gasteiger partial charge is 0.494 e. The quantitative estimate of drug-likeness (QED) is 0.302. The summed E-state index contributed by atoms with van der Waals surface area (Å²) in [5.41, 5.74) is 6.87. The molecule has 1 aliphatic carbocycles. The van der Waals surface area contributed by atoms with Gasteiger partial charge in [0.2, 0.25) is 0 Å². The van der Waals surface area contributed by atoms with Crippen LogP contribution in [0.2, 0.25) is 0 Å². The van der Waals surface area contributed by atoms with Gasteiger partial charge in [0.25, 0.3) is 5.56 Å². The van der Waals surface area contributed by atoms with Crippen LogP contribution in [-0.2, 0) is 6.42 Å². The molecule has 4 nitrogen and oxygen atoms in total. The van der Waals surface area contributed by atoms with Crippen LogP contribution in [0.3, 0.4) is 0 Å². The Labute approximate surface area is 221 Å². The van der Waals surface area contributed by atoms with E-state index in [0.717, 1.165) is 43.8 Å². The summed E-state index contributed by atoms with van der Waals surface area (Å²) in [5.74, 6) is 0.838. The first-order valence-corrected chi connectivity index (χ1v) is 13.6. The van der Waals surface area contributed by atoms with Gasteiger partial charge in [-0.2, -0.15) is 0 Å². The number of aryl methyl sites for hydroxylation is 1. The lowest BCUT2D eigenvalue weighted by Gasteiger charge is -2.30. The summed E-state index contributed by atoms with van der Waals surface area (Å²) in [4.78, 5) is 19.7. The molecule has 3 aromatic carbocycles. The molecule has 0 bridgehead atoms. The number of hydrogen-bond donors (Lipinski definition) is 0. The summed E-state index contributed by atoms with van der Waals surface area (Å²) in [6.07, 6.45) is 3.83. The average molecular weight is 590 g/mol. The molecule has 174 valence electrons. The Morgan fingerprint density at radius 1 is 1.06 bits per heavy atom. The normalized spacial score (nSPS) is 16.9. The second-order valence-electron chi connectivity index (χ2n) is 8.64. The first kappa shape index (κ1) is 22.5. The number of thiazole rings is 1. The number of ether oxygens (including phenoxy) is 1. The highest BCUT2D eigenvalue weighted by Crippen LogP contribution is 2.41. The summed E-state index contributed by atoms with van der Waals surface area (Å²) in [6, 6.07) is 24.6. The lowest BCUT2D eigenvalue weighted by Crippen LogP contribution is -2.38. The molecule has 0 N–H and O–H groups in total. The molecule has 0 fully saturated rings. The molecule has 35 heavy (non-hydrogen) atoms. The number of aromatic nitrogens is 1. The number of nitrogens with zero attached hydrogens (tertiary/aromatic N) is 2. The summed E-state index contributed by atoms with van der Waals surface area (Å²) in [6.45, 7) is 2.61. The van der Waals surface area contributed by atoms with Crippen LogP contribution in [0.4, 0.5) is 0 Å². The number of allylic oxidation sites excluding steroid dienone is 1. The fourth-order valence-electron chi connectivity index (χ4n) is 4.97. The van der Waals surface area contributed by atoms with Crippen molar-refractivity contribution in [2.24, 2.45) is 4.99 Å². The molecule has 1 atom stereocenters. The highest BCUT2D eigenvalue weighted by atomic mass is 127. The van der Waals surface area contributed by atoms with Gasteiger partial charge in [-0.3, -0.25) is 9.36 Å². The summed E-state index contributed by atoms with van der Waals surface area (Å²) >= 11 is 3.79. The Balaban J connectivity index is 1.60. The Bertz CT molecular complexity index is 1650. The molecular formula is C29H23IN2O2S. The van der Waals surface area contributed by atoms with Crippen molar-refractivity contribution in [3.63, 3.8) is 0 Å². The third-order valence-corrected chi connectivity index (χ3v) is 8.54. The maximum absolute atomic E-state index is 13.8. The van der Waals surface area contributed by atoms with Gasteiger partial charge in [-0.15, -0.1) is 0 Å². The van der Waals surface area contributed by atoms with Gasteiger partial charge < -0.3 is 4.74 Å². The van der Waals surface area contributed by atoms with E-state index in [9.17, 15) is 4.79 Å². The van der Waals surface area contributed by atoms with Crippen LogP contribution >= 0.6 is 33.9 Å². The van der Waals surface area contributed by atoms with Crippen molar-refractivity contribution in [3.8, 4) is 5.75 Å². The predicted octanol–water partition coefficient (Wildman–Crippen LogP) is 5.32. The maximum Gasteiger partial charge on any atom is 0.271 e. The predicted molar refractivity (Wildman–Crippen MR) is 150 cm³/mol. The minimum Gasteiger partial charge on any atom is -0.494 e. The molecule has 0 saturated heterocycles. The second kappa shape index (κ2) is 9.24. The fraction of sp³-hybridized carbons (Fsp3) is 0.172. The van der Waals surface area contributed by atoms with E-state index in [0.29, 0.717) is 11.1 Å². The molecule has 6 heteroatoms. The van der Waals surface area contributed by atoms with Gasteiger partial charge >= 0.3 is 0 Å². The van der Waals surface area contributed by atoms with Crippen molar-refractivity contribution in [2.75, 3.05) is 6.61 Å². The molecule has 4 aromatic rings. The van der Waals surface area contributed by atoms with Gasteiger partial charge in [-0.25, -0.2) is 4.99 Å². The maximum atomic E-state index is 13.8. The highest BCUT2D eigenvalue weighted by Gasteiger charge is 2.32. The van der Waals surface area contributed by atoms with E-state index in [-0.39, 0.29) is 11.6 Å². The average Bonchev–Trinajstić information content (AvgIpc) is 3.19. The topological polar surface area (TPSA) is 43.6 Å². The molecule has 6 rings (SSSR count). The number of fused-ring (bicyclic) bond motifs is 3. The molecule has 2 heterocycles. The molecule has 0 spiro atoms. The van der Waals surface area contributed by atoms with Gasteiger partial charge in [0, 0.05) is 9.13 Å². The molecule has 1 aliphatic heterocycles. The molecule has 0 unspecified atom stereocenters. The van der Waals surface area contributed by atoms with E-state index in [1.165, 1.54) is 28.0 Å². The van der Waals surface area contributed by atoms with E-state index in [1.807, 2.05) is 47.9 Å². The SMILES string of the molecule is CCOc1ccc([C@H]2C3=C(N=c4s/c(=C/c5ccccc5I)c(=O)n42)c2ccccc2CC3)cc1. The molecule has 0 radical (unpaired) electrons. The van der Waals surface area contributed by atoms with Crippen molar-refractivity contribution in [3.05, 3.63) is 124 Å². The van der Waals surface area contributed by atoms with Gasteiger partial charge in [-0.1, -0.05) is 65.9 Å². The third-order valence-electron chi connectivity index (χ3n) is 6.57. The van der Waals surface area contributed by atoms with E-state index in [1.54, 1.807) is 0 Å². The number of benzene rings is 3. The van der Waals surface area contributed by atoms with Crippen LogP contribution < -0.4 is 19.6 Å². The van der Waals surface area contributed by atoms with E-state index in [4.69, 9.17) is 9.73 Å². The van der Waals surface area contributed by atoms with Crippen molar-refractivity contribution < 1.29 is 4.74 Å². The molecular weight excluding hydrogens is 567 g/mol. The van der Waals surface area contributed by atoms with Crippen molar-refractivity contribution >= 4 is 45.7 Å². The fourth-order valence-corrected chi connectivity index (χ4v) is 6.50. The minimum absolute atomic E-state index is 0.0118. The van der Waals surface area contributed by atoms with Crippen LogP contribution in [0, 0.1) is 3.57 Å². The Morgan fingerprint density at radius 2 is 1.83 bits per heavy atom. The van der Waals surface area contributed by atoms with Gasteiger partial charge in [0.1, 0.15) is 5.75 Å². The molecule has 0 saturated carbocycles. The zero-order chi connectivity index (χ0) is 23.9. The summed E-state index contributed by atoms with van der Waals surface area (Å²) in [7, 11) is 0. The van der Waals surface area contributed by atoms with E-state index >= 15 is 0 Å². The van der Waals surface area contributed by atoms with Crippen LogP contribution in [0.5, 0.6) is 5.75 Å². The third kappa shape index (κ3) is 3.98. The Morgan fingerprint density at radius 3 is 2.63 bits per heavy atom. The van der Waals surface area contributed by atoms with Crippen molar-refractivity contribution in [2.45, 2.75) is 25.8 Å². The van der Waals surface area contributed by atoms with Crippen molar-refractivity contribution in [1.29, 1.82) is 0 Å². The number of hydrogen-bond acceptors (Lipinski definition) is 4. The molecule has 0 amide bonds. The van der Waals surface area contributed by atoms with E-state index < -0.39 is 0 Å². The van der Waals surface area contributed by atoms with E-state index in [2.05, 4.69) is 65.1 Å². The van der Waals surface area contributed by atoms with Crippen LogP contribution in [0.15, 0.2) is 88.2 Å². The Hall–Kier alpha value is -2.97. The Kier molecular flexibility index (Phi) is 5.94. The lowest BCUT2D eigenvalue weighted by molar-refractivity contribution is 0.340. The molecule has 2 aliphatic rings. The molecule has 1 aromatic heterocycles. The monoisotopic (exact) mass is 590 g/mol. The van der Waals surface area contributed by atoms with Crippen molar-refractivity contribution in [1.82, 2.24) is 4.57 Å². The number of halogens is 1. The standard InChI is InChI=1S/C29H23IN2O2S/c1-2-34-21-14-11-19(12-15-21)27-23-16-13-18-7-3-5-9-22(18)26(23)31-29-32(27)28(33)25(35-29)17-20-8-4-6-10-24(20)30/h3-12,14-15,17,27H,2,13,16H2,1H3/b25-17+/t27-/m0/s1. The zero-order valence-electron chi connectivity index (χ0n) is 19.2. The zero-order valence-corrected chi connectivity index (χ0v) is 22.2. The van der Waals surface area contributed by atoms with Crippen LogP contribution in [-0.4, -0.2) is 11.2 Å². The van der Waals surface area contributed by atoms with Gasteiger partial charge in [0.05, 0.1) is 22.9 Å². The van der Waals surface area contributed by atoms with Gasteiger partial charge in [-0.05, 0) is 88.9 Å². The summed E-state index contributed by atoms with van der Waals surface area (Å²) in [5, 5.41) is 0. The first-order valence-electron chi connectivity index (χ1n) is 11.7. The smallest absolute Gasteiger partial charge is 0.271 e. The van der Waals surface area contributed by atoms with Crippen LogP contribution in [0.1, 0.15) is 41.6 Å². The van der Waals surface area contributed by atoms with Gasteiger partial charge in [0.15, 0.2) is 4.80 Å². The minimum atomic E-state index is -0.178. The lowest BCUT2D eigenvalue weighted by atomic mass is 9.83. The first-order chi connectivity index (χ1) is 17.1. The highest BCUT2D eigenvalue weighted by molar-refractivity contribution is 14.1. The summed E-state index contributed by atoms with van der Waals surface area (Å²) < 4.78 is 9.39. The number of rotatable bonds is 4. The second-order valence-corrected chi connectivity index (χ2v) is 10.8. The van der Waals surface area contributed by atoms with Crippen LogP contribution in [0.25, 0.3) is 11.8 Å².